The Balaban J connectivity index is 0.00000450. The molecule has 156 valence electrons. The molecule has 12 heteroatoms. The van der Waals surface area contributed by atoms with Crippen LogP contribution in [0, 0.1) is 0 Å². The topological polar surface area (TPSA) is 151 Å². The number of carbonyl (C=O) groups excluding carboxylic acids is 2. The van der Waals surface area contributed by atoms with Gasteiger partial charge in [0, 0.05) is 29.3 Å². The summed E-state index contributed by atoms with van der Waals surface area (Å²) >= 11 is 1.03. The molecule has 2 aromatic rings. The Hall–Kier alpha value is -1.92. The van der Waals surface area contributed by atoms with Crippen molar-refractivity contribution in [1.29, 1.82) is 0 Å². The fraction of sp³-hybridized carbons (Fsp3) is 0.222. The van der Waals surface area contributed by atoms with Crippen molar-refractivity contribution in [3.05, 3.63) is 42.5 Å². The first-order valence-electron chi connectivity index (χ1n) is 8.30. The van der Waals surface area contributed by atoms with Gasteiger partial charge in [0.1, 0.15) is 5.75 Å². The van der Waals surface area contributed by atoms with Crippen LogP contribution in [0.2, 0.25) is 0 Å². The van der Waals surface area contributed by atoms with E-state index in [1.807, 2.05) is 0 Å². The number of benzene rings is 2. The average Bonchev–Trinajstić information content (AvgIpc) is 2.61. The molecule has 0 aliphatic heterocycles. The number of carbonyl (C=O) groups is 2. The first kappa shape index (κ1) is 26.1. The molecule has 2 rings (SSSR count). The number of nitrogen functional groups attached to an aromatic ring is 1. The normalized spacial score (nSPS) is 11.7. The molecule has 30 heavy (non-hydrogen) atoms. The van der Waals surface area contributed by atoms with Gasteiger partial charge in [-0.3, -0.25) is 9.52 Å². The second kappa shape index (κ2) is 11.5. The fourth-order valence-corrected chi connectivity index (χ4v) is 3.82. The zero-order chi connectivity index (χ0) is 21.6. The number of carboxylic acids is 1. The van der Waals surface area contributed by atoms with Crippen LogP contribution < -0.4 is 55.2 Å². The van der Waals surface area contributed by atoms with Gasteiger partial charge in [0.25, 0.3) is 0 Å². The molecule has 4 N–H and O–H groups in total. The summed E-state index contributed by atoms with van der Waals surface area (Å²) in [5, 5.41) is 13.4. The van der Waals surface area contributed by atoms with Crippen molar-refractivity contribution < 1.29 is 57.4 Å². The van der Waals surface area contributed by atoms with E-state index < -0.39 is 27.9 Å². The molecule has 1 amide bonds. The number of nitrogens with two attached hydrogens (primary N) is 1. The van der Waals surface area contributed by atoms with Crippen molar-refractivity contribution in [1.82, 2.24) is 5.32 Å². The number of carboxylic acid groups (broad SMARTS) is 1. The van der Waals surface area contributed by atoms with Crippen LogP contribution in [0.25, 0.3) is 0 Å². The molecule has 9 nitrogen and oxygen atoms in total. The Morgan fingerprint density at radius 3 is 2.40 bits per heavy atom. The maximum Gasteiger partial charge on any atom is 1.00 e. The molecule has 0 aromatic heterocycles. The van der Waals surface area contributed by atoms with E-state index in [1.54, 1.807) is 30.3 Å². The molecule has 0 aliphatic carbocycles. The molecule has 0 radical (unpaired) electrons. The van der Waals surface area contributed by atoms with E-state index in [4.69, 9.17) is 10.5 Å². The smallest absolute Gasteiger partial charge is 0.548 e. The Morgan fingerprint density at radius 1 is 1.23 bits per heavy atom. The molecule has 0 heterocycles. The number of ether oxygens (including phenoxy) is 1. The number of hydrogen-bond donors (Lipinski definition) is 3. The second-order valence-electron chi connectivity index (χ2n) is 6.06. The molecular weight excluding hydrogens is 441 g/mol. The van der Waals surface area contributed by atoms with Crippen molar-refractivity contribution >= 4 is 45.0 Å². The predicted octanol–water partition coefficient (Wildman–Crippen LogP) is -2.22. The summed E-state index contributed by atoms with van der Waals surface area (Å²) in [6.45, 7) is 1.19. The van der Waals surface area contributed by atoms with E-state index in [2.05, 4.69) is 10.0 Å². The van der Waals surface area contributed by atoms with Gasteiger partial charge >= 0.3 is 29.6 Å². The van der Waals surface area contributed by atoms with Gasteiger partial charge in [-0.1, -0.05) is 18.2 Å². The minimum absolute atomic E-state index is 0. The van der Waals surface area contributed by atoms with Gasteiger partial charge in [0.2, 0.25) is 15.9 Å². The Bertz CT molecular complexity index is 1000. The molecule has 0 aliphatic rings. The first-order valence-corrected chi connectivity index (χ1v) is 11.2. The summed E-state index contributed by atoms with van der Waals surface area (Å²) in [6, 6.07) is 10.4. The SMILES string of the molecule is CC(=O)NC(CSc1cc(NS(C)(=O)=O)c(Oc2ccccc2)cc1N)C(=O)[O-].[Na+]. The van der Waals surface area contributed by atoms with Crippen molar-refractivity contribution in [3.8, 4) is 11.5 Å². The van der Waals surface area contributed by atoms with Gasteiger partial charge in [0.15, 0.2) is 5.75 Å². The van der Waals surface area contributed by atoms with Gasteiger partial charge in [-0.25, -0.2) is 8.42 Å². The molecule has 1 atom stereocenters. The van der Waals surface area contributed by atoms with Gasteiger partial charge in [-0.15, -0.1) is 11.8 Å². The number of sulfonamides is 1. The maximum atomic E-state index is 11.7. The summed E-state index contributed by atoms with van der Waals surface area (Å²) in [4.78, 5) is 22.7. The van der Waals surface area contributed by atoms with Crippen molar-refractivity contribution in [3.63, 3.8) is 0 Å². The molecule has 0 fully saturated rings. The van der Waals surface area contributed by atoms with E-state index in [9.17, 15) is 23.1 Å². The first-order chi connectivity index (χ1) is 13.5. The number of nitrogens with one attached hydrogen (secondary N) is 2. The summed E-state index contributed by atoms with van der Waals surface area (Å²) in [7, 11) is -3.62. The van der Waals surface area contributed by atoms with Crippen molar-refractivity contribution in [2.45, 2.75) is 17.9 Å². The predicted molar refractivity (Wildman–Crippen MR) is 109 cm³/mol. The Labute approximate surface area is 201 Å². The molecule has 1 unspecified atom stereocenters. The third kappa shape index (κ3) is 8.44. The number of hydrogen-bond acceptors (Lipinski definition) is 8. The summed E-state index contributed by atoms with van der Waals surface area (Å²) in [6.07, 6.45) is 0.991. The minimum atomic E-state index is -3.62. The van der Waals surface area contributed by atoms with Crippen LogP contribution in [-0.4, -0.2) is 38.3 Å². The number of aliphatic carboxylic acids is 1. The van der Waals surface area contributed by atoms with Crippen LogP contribution in [0.1, 0.15) is 6.92 Å². The number of thioether (sulfide) groups is 1. The van der Waals surface area contributed by atoms with Crippen molar-refractivity contribution in [2.75, 3.05) is 22.5 Å². The fourth-order valence-electron chi connectivity index (χ4n) is 2.27. The van der Waals surface area contributed by atoms with Crippen LogP contribution in [0.15, 0.2) is 47.4 Å². The zero-order valence-corrected chi connectivity index (χ0v) is 20.3. The monoisotopic (exact) mass is 461 g/mol. The summed E-state index contributed by atoms with van der Waals surface area (Å²) in [5.74, 6) is -1.36. The maximum absolute atomic E-state index is 11.7. The minimum Gasteiger partial charge on any atom is -0.548 e. The van der Waals surface area contributed by atoms with E-state index >= 15 is 0 Å². The average molecular weight is 461 g/mol. The second-order valence-corrected chi connectivity index (χ2v) is 8.87. The summed E-state index contributed by atoms with van der Waals surface area (Å²) < 4.78 is 31.6. The van der Waals surface area contributed by atoms with Crippen LogP contribution in [0.3, 0.4) is 0 Å². The molecule has 0 spiro atoms. The molecule has 2 aromatic carbocycles. The molecular formula is C18H20N3NaO6S2. The third-order valence-electron chi connectivity index (χ3n) is 3.45. The van der Waals surface area contributed by atoms with Crippen LogP contribution in [0.5, 0.6) is 11.5 Å². The Kier molecular flexibility index (Phi) is 9.98. The largest absolute Gasteiger partial charge is 1.00 e. The van der Waals surface area contributed by atoms with Gasteiger partial charge in [0.05, 0.1) is 24.0 Å². The quantitative estimate of drug-likeness (QED) is 0.216. The molecule has 0 saturated heterocycles. The standard InChI is InChI=1S/C18H21N3O6S2.Na/c1-11(22)20-15(18(23)24)10-28-17-9-14(21-29(2,25)26)16(8-13(17)19)27-12-6-4-3-5-7-12;/h3-9,15,21H,10,19H2,1-2H3,(H,20,22)(H,23,24);/q;+1/p-1. The number of amides is 1. The van der Waals surface area contributed by atoms with Gasteiger partial charge in [-0.05, 0) is 18.2 Å². The van der Waals surface area contributed by atoms with E-state index in [0.29, 0.717) is 10.6 Å². The van der Waals surface area contributed by atoms with Gasteiger partial charge < -0.3 is 25.7 Å². The number of anilines is 2. The van der Waals surface area contributed by atoms with Crippen molar-refractivity contribution in [2.24, 2.45) is 0 Å². The van der Waals surface area contributed by atoms with Crippen LogP contribution in [0.4, 0.5) is 11.4 Å². The van der Waals surface area contributed by atoms with E-state index in [0.717, 1.165) is 18.0 Å². The van der Waals surface area contributed by atoms with E-state index in [-0.39, 0.29) is 52.4 Å². The molecule has 0 saturated carbocycles. The number of para-hydroxylation sites is 1. The Morgan fingerprint density at radius 2 is 1.87 bits per heavy atom. The molecule has 0 bridgehead atoms. The third-order valence-corrected chi connectivity index (χ3v) is 5.20. The zero-order valence-electron chi connectivity index (χ0n) is 16.7. The van der Waals surface area contributed by atoms with Crippen LogP contribution in [-0.2, 0) is 19.6 Å². The van der Waals surface area contributed by atoms with Crippen LogP contribution >= 0.6 is 11.8 Å². The number of rotatable bonds is 9. The van der Waals surface area contributed by atoms with Gasteiger partial charge in [-0.2, -0.15) is 0 Å². The summed E-state index contributed by atoms with van der Waals surface area (Å²) in [5.41, 5.74) is 6.43. The van der Waals surface area contributed by atoms with E-state index in [1.165, 1.54) is 19.1 Å².